The van der Waals surface area contributed by atoms with Crippen molar-refractivity contribution in [3.63, 3.8) is 0 Å². The van der Waals surface area contributed by atoms with Gasteiger partial charge < -0.3 is 18.9 Å². The van der Waals surface area contributed by atoms with Crippen LogP contribution in [0.1, 0.15) is 22.3 Å². The zero-order chi connectivity index (χ0) is 26.3. The molecule has 4 rings (SSSR count). The molecular formula is C31H32N2O5. The van der Waals surface area contributed by atoms with Crippen LogP contribution in [0, 0.1) is 0 Å². The summed E-state index contributed by atoms with van der Waals surface area (Å²) in [5, 5.41) is 0. The first-order chi connectivity index (χ1) is 18.8. The van der Waals surface area contributed by atoms with Crippen LogP contribution in [0.25, 0.3) is 0 Å². The van der Waals surface area contributed by atoms with Crippen molar-refractivity contribution in [1.29, 1.82) is 0 Å². The molecule has 2 aromatic heterocycles. The van der Waals surface area contributed by atoms with Gasteiger partial charge >= 0.3 is 6.16 Å². The quantitative estimate of drug-likeness (QED) is 0.159. The molecule has 7 nitrogen and oxygen atoms in total. The van der Waals surface area contributed by atoms with Crippen molar-refractivity contribution in [1.82, 2.24) is 9.97 Å². The molecule has 0 fully saturated rings. The highest BCUT2D eigenvalue weighted by atomic mass is 16.7. The van der Waals surface area contributed by atoms with Gasteiger partial charge in [0.1, 0.15) is 0 Å². The lowest BCUT2D eigenvalue weighted by molar-refractivity contribution is 0.134. The number of hydrogen-bond donors (Lipinski definition) is 0. The monoisotopic (exact) mass is 512 g/mol. The Morgan fingerprint density at radius 2 is 0.947 bits per heavy atom. The summed E-state index contributed by atoms with van der Waals surface area (Å²) in [6.07, 6.45) is 5.05. The van der Waals surface area contributed by atoms with E-state index in [1.807, 2.05) is 48.5 Å². The first-order valence-electron chi connectivity index (χ1n) is 12.8. The fourth-order valence-electron chi connectivity index (χ4n) is 3.83. The van der Waals surface area contributed by atoms with Crippen LogP contribution in [0.5, 0.6) is 11.8 Å². The molecule has 2 aromatic carbocycles. The van der Waals surface area contributed by atoms with Gasteiger partial charge in [-0.25, -0.2) is 14.8 Å². The summed E-state index contributed by atoms with van der Waals surface area (Å²) in [5.41, 5.74) is 3.98. The Hall–Kier alpha value is -4.07. The van der Waals surface area contributed by atoms with Crippen LogP contribution in [-0.4, -0.2) is 42.6 Å². The van der Waals surface area contributed by atoms with Crippen molar-refractivity contribution >= 4 is 6.16 Å². The molecule has 0 atom stereocenters. The van der Waals surface area contributed by atoms with Gasteiger partial charge in [0, 0.05) is 36.4 Å². The second-order valence-electron chi connectivity index (χ2n) is 8.59. The number of rotatable bonds is 14. The fraction of sp³-hybridized carbons (Fsp3) is 0.258. The van der Waals surface area contributed by atoms with Gasteiger partial charge in [-0.1, -0.05) is 72.8 Å². The predicted molar refractivity (Wildman–Crippen MR) is 144 cm³/mol. The van der Waals surface area contributed by atoms with E-state index in [9.17, 15) is 4.79 Å². The Balaban J connectivity index is 1.21. The maximum atomic E-state index is 12.6. The maximum absolute atomic E-state index is 12.6. The number of pyridine rings is 2. The van der Waals surface area contributed by atoms with E-state index in [2.05, 4.69) is 34.2 Å². The zero-order valence-corrected chi connectivity index (χ0v) is 21.3. The van der Waals surface area contributed by atoms with Crippen LogP contribution < -0.4 is 9.47 Å². The number of nitrogens with zero attached hydrogens (tertiary/aromatic N) is 2. The van der Waals surface area contributed by atoms with Gasteiger partial charge in [0.15, 0.2) is 0 Å². The maximum Gasteiger partial charge on any atom is 0.522 e. The second-order valence-corrected chi connectivity index (χ2v) is 8.59. The van der Waals surface area contributed by atoms with E-state index >= 15 is 0 Å². The summed E-state index contributed by atoms with van der Waals surface area (Å²) in [6, 6.07) is 27.7. The lowest BCUT2D eigenvalue weighted by atomic mass is 10.2. The van der Waals surface area contributed by atoms with Gasteiger partial charge in [-0.05, 0) is 36.1 Å². The smallest absolute Gasteiger partial charge is 0.381 e. The minimum absolute atomic E-state index is 0.200. The molecule has 7 heteroatoms. The number of hydrogen-bond acceptors (Lipinski definition) is 7. The van der Waals surface area contributed by atoms with E-state index < -0.39 is 6.16 Å². The van der Waals surface area contributed by atoms with Gasteiger partial charge in [-0.3, -0.25) is 0 Å². The average molecular weight is 513 g/mol. The zero-order valence-electron chi connectivity index (χ0n) is 21.3. The lowest BCUT2D eigenvalue weighted by Gasteiger charge is -2.11. The molecule has 0 N–H and O–H groups in total. The number of benzene rings is 2. The standard InChI is InChI=1S/C31H32N2O5/c34-31(37-29-27(13-7-19-32-29)17-23-35-21-15-25-9-3-1-4-10-25)38-30-28(14-8-20-33-30)18-24-36-22-16-26-11-5-2-6-12-26/h1-14,19-20H,15-18,21-24H2. The van der Waals surface area contributed by atoms with Crippen LogP contribution in [0.2, 0.25) is 0 Å². The van der Waals surface area contributed by atoms with Crippen LogP contribution in [0.15, 0.2) is 97.3 Å². The first-order valence-corrected chi connectivity index (χ1v) is 12.8. The first kappa shape index (κ1) is 27.0. The Labute approximate surface area is 223 Å². The minimum atomic E-state index is -0.889. The lowest BCUT2D eigenvalue weighted by Crippen LogP contribution is -2.18. The molecular weight excluding hydrogens is 480 g/mol. The third kappa shape index (κ3) is 9.10. The van der Waals surface area contributed by atoms with E-state index in [0.717, 1.165) is 24.0 Å². The van der Waals surface area contributed by atoms with Crippen molar-refractivity contribution in [3.05, 3.63) is 120 Å². The van der Waals surface area contributed by atoms with E-state index in [0.29, 0.717) is 39.3 Å². The van der Waals surface area contributed by atoms with Gasteiger partial charge in [0.05, 0.1) is 26.4 Å². The summed E-state index contributed by atoms with van der Waals surface area (Å²) in [6.45, 7) is 2.19. The van der Waals surface area contributed by atoms with Gasteiger partial charge in [-0.2, -0.15) is 0 Å². The van der Waals surface area contributed by atoms with Crippen LogP contribution >= 0.6 is 0 Å². The van der Waals surface area contributed by atoms with Crippen molar-refractivity contribution in [3.8, 4) is 11.8 Å². The molecule has 0 aliphatic heterocycles. The highest BCUT2D eigenvalue weighted by Gasteiger charge is 2.16. The molecule has 0 spiro atoms. The van der Waals surface area contributed by atoms with Crippen LogP contribution in [0.4, 0.5) is 4.79 Å². The number of aromatic nitrogens is 2. The van der Waals surface area contributed by atoms with Gasteiger partial charge in [0.25, 0.3) is 0 Å². The normalized spacial score (nSPS) is 10.7. The Kier molecular flexibility index (Phi) is 10.8. The van der Waals surface area contributed by atoms with Crippen molar-refractivity contribution < 1.29 is 23.7 Å². The molecule has 38 heavy (non-hydrogen) atoms. The van der Waals surface area contributed by atoms with E-state index in [-0.39, 0.29) is 11.8 Å². The molecule has 0 bridgehead atoms. The molecule has 2 heterocycles. The summed E-state index contributed by atoms with van der Waals surface area (Å²) in [7, 11) is 0. The molecule has 0 radical (unpaired) electrons. The molecule has 4 aromatic rings. The Bertz CT molecular complexity index is 1150. The van der Waals surface area contributed by atoms with Crippen LogP contribution in [-0.2, 0) is 35.2 Å². The molecule has 0 saturated carbocycles. The van der Waals surface area contributed by atoms with Gasteiger partial charge in [-0.15, -0.1) is 0 Å². The third-order valence-corrected chi connectivity index (χ3v) is 5.85. The SMILES string of the molecule is O=C(Oc1ncccc1CCOCCc1ccccc1)Oc1ncccc1CCOCCc1ccccc1. The molecule has 0 saturated heterocycles. The van der Waals surface area contributed by atoms with Crippen molar-refractivity contribution in [2.45, 2.75) is 25.7 Å². The van der Waals surface area contributed by atoms with Crippen molar-refractivity contribution in [2.24, 2.45) is 0 Å². The summed E-state index contributed by atoms with van der Waals surface area (Å²) < 4.78 is 22.4. The van der Waals surface area contributed by atoms with Crippen LogP contribution in [0.3, 0.4) is 0 Å². The number of carbonyl (C=O) groups is 1. The topological polar surface area (TPSA) is 79.8 Å². The van der Waals surface area contributed by atoms with Gasteiger partial charge in [0.2, 0.25) is 11.8 Å². The summed E-state index contributed by atoms with van der Waals surface area (Å²) in [4.78, 5) is 21.0. The highest BCUT2D eigenvalue weighted by Crippen LogP contribution is 2.19. The predicted octanol–water partition coefficient (Wildman–Crippen LogP) is 5.66. The third-order valence-electron chi connectivity index (χ3n) is 5.85. The van der Waals surface area contributed by atoms with E-state index in [1.165, 1.54) is 11.1 Å². The second kappa shape index (κ2) is 15.2. The molecule has 196 valence electrons. The molecule has 0 unspecified atom stereocenters. The number of carbonyl (C=O) groups excluding carboxylic acids is 1. The highest BCUT2D eigenvalue weighted by molar-refractivity contribution is 5.66. The average Bonchev–Trinajstić information content (AvgIpc) is 2.95. The summed E-state index contributed by atoms with van der Waals surface area (Å²) >= 11 is 0. The summed E-state index contributed by atoms with van der Waals surface area (Å²) in [5.74, 6) is 0.400. The molecule has 0 aliphatic rings. The number of ether oxygens (including phenoxy) is 4. The molecule has 0 amide bonds. The van der Waals surface area contributed by atoms with E-state index in [4.69, 9.17) is 18.9 Å². The van der Waals surface area contributed by atoms with E-state index in [1.54, 1.807) is 24.5 Å². The van der Waals surface area contributed by atoms with Crippen molar-refractivity contribution in [2.75, 3.05) is 26.4 Å². The largest absolute Gasteiger partial charge is 0.522 e. The Morgan fingerprint density at radius 3 is 1.39 bits per heavy atom. The molecule has 0 aliphatic carbocycles. The Morgan fingerprint density at radius 1 is 0.526 bits per heavy atom. The minimum Gasteiger partial charge on any atom is -0.381 e. The fourth-order valence-corrected chi connectivity index (χ4v) is 3.83.